The van der Waals surface area contributed by atoms with Crippen molar-refractivity contribution >= 4 is 22.4 Å². The fourth-order valence-corrected chi connectivity index (χ4v) is 8.74. The molecular formula is C34H39F5N6O2. The highest BCUT2D eigenvalue weighted by molar-refractivity contribution is 6.01. The van der Waals surface area contributed by atoms with E-state index in [1.54, 1.807) is 0 Å². The number of nitrogen functional groups attached to an aromatic ring is 1. The number of nitrogens with one attached hydrogen (secondary N) is 1. The van der Waals surface area contributed by atoms with Gasteiger partial charge in [-0.05, 0) is 81.2 Å². The van der Waals surface area contributed by atoms with Gasteiger partial charge in [-0.3, -0.25) is 4.90 Å². The van der Waals surface area contributed by atoms with Gasteiger partial charge in [-0.15, -0.1) is 0 Å². The van der Waals surface area contributed by atoms with E-state index in [1.807, 2.05) is 6.07 Å². The molecule has 5 fully saturated rings. The molecule has 0 amide bonds. The molecule has 0 radical (unpaired) electrons. The summed E-state index contributed by atoms with van der Waals surface area (Å²) in [5, 5.41) is 4.24. The molecular weight excluding hydrogens is 619 g/mol. The summed E-state index contributed by atoms with van der Waals surface area (Å²) < 4.78 is 87.0. The topological polar surface area (TPSA) is 88.8 Å². The first-order valence-corrected chi connectivity index (χ1v) is 16.6. The van der Waals surface area contributed by atoms with Gasteiger partial charge in [-0.25, -0.2) is 8.78 Å². The number of nitrogens with zero attached hydrogens (tertiary/aromatic N) is 4. The lowest BCUT2D eigenvalue weighted by Gasteiger charge is -2.35. The molecule has 4 aliphatic heterocycles. The zero-order chi connectivity index (χ0) is 32.8. The number of alkyl halides is 4. The molecule has 2 aromatic carbocycles. The summed E-state index contributed by atoms with van der Waals surface area (Å²) in [5.74, 6) is -0.604. The lowest BCUT2D eigenvalue weighted by atomic mass is 9.87. The van der Waals surface area contributed by atoms with Crippen molar-refractivity contribution in [3.8, 4) is 22.9 Å². The van der Waals surface area contributed by atoms with Gasteiger partial charge in [-0.1, -0.05) is 0 Å². The van der Waals surface area contributed by atoms with E-state index < -0.39 is 34.8 Å². The molecule has 1 saturated carbocycles. The smallest absolute Gasteiger partial charge is 0.417 e. The molecule has 3 aromatic rings. The standard InChI is InChI=1S/C34H39F5N6O2/c1-17-10-24(40)28(36)26(27(17)34(37,38)39)25-22(18-4-5-18)11-23-29(30(25)46-2)42-32(43-31(23)44-14-20-6-7-21(15-44)41-20)47-16-33-8-3-9-45(33)13-19(35)12-33/h10-11,18-21,41H,3-9,12-16,40H2,1-2H3. The number of piperazine rings is 1. The molecule has 4 unspecified atom stereocenters. The largest absolute Gasteiger partial charge is 0.494 e. The Balaban J connectivity index is 1.35. The molecule has 0 spiro atoms. The van der Waals surface area contributed by atoms with Crippen molar-refractivity contribution in [2.45, 2.75) is 87.8 Å². The molecule has 4 saturated heterocycles. The minimum Gasteiger partial charge on any atom is -0.494 e. The van der Waals surface area contributed by atoms with Crippen LogP contribution in [-0.4, -0.2) is 78.6 Å². The maximum absolute atomic E-state index is 16.0. The molecule has 47 heavy (non-hydrogen) atoms. The second kappa shape index (κ2) is 11.0. The number of hydrogen-bond donors (Lipinski definition) is 2. The Morgan fingerprint density at radius 2 is 1.81 bits per heavy atom. The number of rotatable bonds is 7. The molecule has 2 bridgehead atoms. The van der Waals surface area contributed by atoms with Crippen LogP contribution in [0.1, 0.15) is 67.6 Å². The van der Waals surface area contributed by atoms with Crippen LogP contribution >= 0.6 is 0 Å². The SMILES string of the molecule is COc1c(-c2c(F)c(N)cc(C)c2C(F)(F)F)c(C2CC2)cc2c(N3CC4CCC(C3)N4)nc(OCC34CCCN3CC(F)C4)nc12. The number of methoxy groups -OCH3 is 1. The van der Waals surface area contributed by atoms with Crippen LogP contribution < -0.4 is 25.4 Å². The van der Waals surface area contributed by atoms with Crippen molar-refractivity contribution in [1.29, 1.82) is 0 Å². The van der Waals surface area contributed by atoms with E-state index in [0.29, 0.717) is 42.8 Å². The quantitative estimate of drug-likeness (QED) is 0.232. The lowest BCUT2D eigenvalue weighted by Crippen LogP contribution is -2.51. The highest BCUT2D eigenvalue weighted by Crippen LogP contribution is 2.54. The zero-order valence-electron chi connectivity index (χ0n) is 26.5. The van der Waals surface area contributed by atoms with Gasteiger partial charge in [0.1, 0.15) is 24.1 Å². The maximum Gasteiger partial charge on any atom is 0.417 e. The predicted molar refractivity (Wildman–Crippen MR) is 168 cm³/mol. The van der Waals surface area contributed by atoms with Crippen molar-refractivity contribution in [3.63, 3.8) is 0 Å². The second-order valence-corrected chi connectivity index (χ2v) is 14.1. The second-order valence-electron chi connectivity index (χ2n) is 14.1. The average molecular weight is 659 g/mol. The number of fused-ring (bicyclic) bond motifs is 4. The van der Waals surface area contributed by atoms with Crippen LogP contribution in [0.4, 0.5) is 33.5 Å². The summed E-state index contributed by atoms with van der Waals surface area (Å²) in [4.78, 5) is 14.0. The fraction of sp³-hybridized carbons (Fsp3) is 0.588. The molecule has 4 atom stereocenters. The van der Waals surface area contributed by atoms with E-state index in [1.165, 1.54) is 14.0 Å². The molecule has 8 nitrogen and oxygen atoms in total. The average Bonchev–Trinajstić information content (AvgIpc) is 3.62. The van der Waals surface area contributed by atoms with Crippen molar-refractivity contribution in [2.75, 3.05) is 50.5 Å². The molecule has 13 heteroatoms. The van der Waals surface area contributed by atoms with E-state index >= 15 is 4.39 Å². The van der Waals surface area contributed by atoms with Gasteiger partial charge in [0.15, 0.2) is 11.6 Å². The third-order valence-electron chi connectivity index (χ3n) is 10.9. The Bertz CT molecular complexity index is 1740. The van der Waals surface area contributed by atoms with Gasteiger partial charge in [-0.2, -0.15) is 23.1 Å². The number of aromatic nitrogens is 2. The number of aryl methyl sites for hydroxylation is 1. The Labute approximate surface area is 269 Å². The summed E-state index contributed by atoms with van der Waals surface area (Å²) in [7, 11) is 1.36. The fourth-order valence-electron chi connectivity index (χ4n) is 8.74. The third-order valence-corrected chi connectivity index (χ3v) is 10.9. The number of ether oxygens (including phenoxy) is 2. The molecule has 5 aliphatic rings. The summed E-state index contributed by atoms with van der Waals surface area (Å²) in [6.45, 7) is 4.01. The summed E-state index contributed by atoms with van der Waals surface area (Å²) in [6.07, 6.45) is -0.144. The summed E-state index contributed by atoms with van der Waals surface area (Å²) in [6, 6.07) is 3.43. The van der Waals surface area contributed by atoms with Gasteiger partial charge < -0.3 is 25.4 Å². The van der Waals surface area contributed by atoms with E-state index in [0.717, 1.165) is 51.1 Å². The van der Waals surface area contributed by atoms with Crippen molar-refractivity contribution in [3.05, 3.63) is 34.6 Å². The van der Waals surface area contributed by atoms with Crippen molar-refractivity contribution in [1.82, 2.24) is 20.2 Å². The van der Waals surface area contributed by atoms with E-state index in [4.69, 9.17) is 25.2 Å². The Morgan fingerprint density at radius 1 is 1.06 bits per heavy atom. The Hall–Kier alpha value is -3.45. The highest BCUT2D eigenvalue weighted by Gasteiger charge is 2.49. The molecule has 1 aliphatic carbocycles. The van der Waals surface area contributed by atoms with Gasteiger partial charge >= 0.3 is 12.2 Å². The maximum atomic E-state index is 16.0. The Morgan fingerprint density at radius 3 is 2.49 bits per heavy atom. The normalized spacial score (nSPS) is 27.6. The summed E-state index contributed by atoms with van der Waals surface area (Å²) >= 11 is 0. The van der Waals surface area contributed by atoms with Crippen molar-refractivity contribution < 1.29 is 31.4 Å². The van der Waals surface area contributed by atoms with Gasteiger partial charge in [0, 0.05) is 54.7 Å². The molecule has 5 heterocycles. The zero-order valence-corrected chi connectivity index (χ0v) is 26.5. The highest BCUT2D eigenvalue weighted by atomic mass is 19.4. The molecule has 252 valence electrons. The number of benzene rings is 2. The van der Waals surface area contributed by atoms with Gasteiger partial charge in [0.25, 0.3) is 0 Å². The minimum atomic E-state index is -4.86. The van der Waals surface area contributed by atoms with Gasteiger partial charge in [0.05, 0.1) is 23.9 Å². The Kier molecular flexibility index (Phi) is 7.25. The van der Waals surface area contributed by atoms with Crippen LogP contribution in [0.15, 0.2) is 12.1 Å². The molecule has 1 aromatic heterocycles. The number of anilines is 2. The number of hydrogen-bond acceptors (Lipinski definition) is 8. The van der Waals surface area contributed by atoms with Crippen LogP contribution in [0.5, 0.6) is 11.8 Å². The minimum absolute atomic E-state index is 0.00957. The van der Waals surface area contributed by atoms with Crippen LogP contribution in [0, 0.1) is 12.7 Å². The van der Waals surface area contributed by atoms with E-state index in [9.17, 15) is 17.6 Å². The molecule has 8 rings (SSSR count). The lowest BCUT2D eigenvalue weighted by molar-refractivity contribution is -0.137. The van der Waals surface area contributed by atoms with Crippen LogP contribution in [0.2, 0.25) is 0 Å². The first-order valence-electron chi connectivity index (χ1n) is 16.6. The molecule has 3 N–H and O–H groups in total. The number of nitrogens with two attached hydrogens (primary N) is 1. The van der Waals surface area contributed by atoms with E-state index in [2.05, 4.69) is 15.1 Å². The van der Waals surface area contributed by atoms with E-state index in [-0.39, 0.29) is 58.7 Å². The predicted octanol–water partition coefficient (Wildman–Crippen LogP) is 6.13. The first kappa shape index (κ1) is 30.9. The first-order chi connectivity index (χ1) is 22.5. The monoisotopic (exact) mass is 658 g/mol. The third kappa shape index (κ3) is 5.15. The number of halogens is 5. The summed E-state index contributed by atoms with van der Waals surface area (Å²) in [5.41, 5.74) is 4.05. The van der Waals surface area contributed by atoms with Crippen LogP contribution in [0.25, 0.3) is 22.0 Å². The van der Waals surface area contributed by atoms with Crippen LogP contribution in [-0.2, 0) is 6.18 Å². The van der Waals surface area contributed by atoms with Gasteiger partial charge in [0.2, 0.25) is 0 Å². The van der Waals surface area contributed by atoms with Crippen molar-refractivity contribution in [2.24, 2.45) is 0 Å². The van der Waals surface area contributed by atoms with Crippen LogP contribution in [0.3, 0.4) is 0 Å².